The Morgan fingerprint density at radius 3 is 2.43 bits per heavy atom. The van der Waals surface area contributed by atoms with Crippen molar-refractivity contribution < 1.29 is 22.3 Å². The molecule has 21 heavy (non-hydrogen) atoms. The van der Waals surface area contributed by atoms with Gasteiger partial charge in [-0.3, -0.25) is 5.41 Å². The molecule has 0 unspecified atom stereocenters. The second-order valence-corrected chi connectivity index (χ2v) is 4.04. The lowest BCUT2D eigenvalue weighted by molar-refractivity contribution is -0.140. The summed E-state index contributed by atoms with van der Waals surface area (Å²) in [7, 11) is 0. The molecule has 2 rings (SSSR count). The number of ether oxygens (including phenoxy) is 1. The van der Waals surface area contributed by atoms with Gasteiger partial charge in [0, 0.05) is 17.8 Å². The fourth-order valence-electron chi connectivity index (χ4n) is 1.51. The second-order valence-electron chi connectivity index (χ2n) is 4.04. The van der Waals surface area contributed by atoms with E-state index in [1.807, 2.05) is 0 Å². The van der Waals surface area contributed by atoms with Gasteiger partial charge in [0.2, 0.25) is 5.88 Å². The monoisotopic (exact) mass is 299 g/mol. The van der Waals surface area contributed by atoms with Gasteiger partial charge in [0.15, 0.2) is 0 Å². The predicted octanol–water partition coefficient (Wildman–Crippen LogP) is 3.32. The number of hydrogen-bond acceptors (Lipinski definition) is 3. The minimum absolute atomic E-state index is 0.000248. The summed E-state index contributed by atoms with van der Waals surface area (Å²) in [6.45, 7) is 0. The van der Waals surface area contributed by atoms with Crippen molar-refractivity contribution in [1.82, 2.24) is 4.98 Å². The highest BCUT2D eigenvalue weighted by Gasteiger charge is 2.34. The van der Waals surface area contributed by atoms with Crippen LogP contribution in [0.15, 0.2) is 36.5 Å². The third kappa shape index (κ3) is 3.47. The van der Waals surface area contributed by atoms with Crippen molar-refractivity contribution in [1.29, 1.82) is 5.41 Å². The van der Waals surface area contributed by atoms with Gasteiger partial charge < -0.3 is 10.5 Å². The van der Waals surface area contributed by atoms with E-state index in [9.17, 15) is 17.6 Å². The number of aromatic nitrogens is 1. The Bertz CT molecular complexity index is 668. The predicted molar refractivity (Wildman–Crippen MR) is 66.7 cm³/mol. The highest BCUT2D eigenvalue weighted by molar-refractivity contribution is 5.94. The second kappa shape index (κ2) is 5.39. The molecule has 0 bridgehead atoms. The average Bonchev–Trinajstić information content (AvgIpc) is 2.40. The summed E-state index contributed by atoms with van der Waals surface area (Å²) in [6.07, 6.45) is -3.57. The lowest BCUT2D eigenvalue weighted by Crippen LogP contribution is -2.11. The molecule has 0 radical (unpaired) electrons. The van der Waals surface area contributed by atoms with E-state index in [4.69, 9.17) is 15.9 Å². The molecule has 0 aliphatic rings. The number of nitrogens with zero attached hydrogens (tertiary/aromatic N) is 1. The van der Waals surface area contributed by atoms with Gasteiger partial charge in [-0.15, -0.1) is 0 Å². The fourth-order valence-corrected chi connectivity index (χ4v) is 1.51. The topological polar surface area (TPSA) is 72.0 Å². The number of rotatable bonds is 3. The molecular formula is C13H9F4N3O. The maximum atomic E-state index is 13.1. The Hall–Kier alpha value is -2.64. The van der Waals surface area contributed by atoms with E-state index in [0.29, 0.717) is 17.7 Å². The Balaban J connectivity index is 2.26. The third-order valence-electron chi connectivity index (χ3n) is 2.51. The number of amidine groups is 1. The molecule has 0 atom stereocenters. The molecule has 0 aliphatic heterocycles. The van der Waals surface area contributed by atoms with Crippen molar-refractivity contribution in [2.24, 2.45) is 5.73 Å². The summed E-state index contributed by atoms with van der Waals surface area (Å²) in [6, 6.07) is 5.05. The third-order valence-corrected chi connectivity index (χ3v) is 2.51. The maximum Gasteiger partial charge on any atom is 0.419 e. The zero-order valence-electron chi connectivity index (χ0n) is 10.4. The number of nitrogen functional groups attached to an aromatic ring is 1. The van der Waals surface area contributed by atoms with Crippen LogP contribution in [0.1, 0.15) is 11.1 Å². The van der Waals surface area contributed by atoms with E-state index in [0.717, 1.165) is 6.07 Å². The first kappa shape index (κ1) is 14.8. The zero-order valence-corrected chi connectivity index (χ0v) is 10.4. The molecule has 1 aromatic carbocycles. The largest absolute Gasteiger partial charge is 0.439 e. The van der Waals surface area contributed by atoms with Crippen LogP contribution in [0, 0.1) is 11.2 Å². The summed E-state index contributed by atoms with van der Waals surface area (Å²) < 4.78 is 55.9. The summed E-state index contributed by atoms with van der Waals surface area (Å²) in [5.41, 5.74) is 4.17. The van der Waals surface area contributed by atoms with E-state index < -0.39 is 17.6 Å². The number of pyridine rings is 1. The Labute approximate surface area is 116 Å². The Morgan fingerprint density at radius 2 is 1.90 bits per heavy atom. The van der Waals surface area contributed by atoms with Crippen LogP contribution in [-0.4, -0.2) is 10.8 Å². The minimum atomic E-state index is -4.81. The summed E-state index contributed by atoms with van der Waals surface area (Å²) >= 11 is 0. The summed E-state index contributed by atoms with van der Waals surface area (Å²) in [5, 5.41) is 7.18. The quantitative estimate of drug-likeness (QED) is 0.519. The Morgan fingerprint density at radius 1 is 1.19 bits per heavy atom. The van der Waals surface area contributed by atoms with Gasteiger partial charge in [-0.2, -0.15) is 13.2 Å². The van der Waals surface area contributed by atoms with E-state index in [2.05, 4.69) is 4.98 Å². The van der Waals surface area contributed by atoms with Gasteiger partial charge in [0.05, 0.1) is 5.56 Å². The molecule has 8 heteroatoms. The lowest BCUT2D eigenvalue weighted by Gasteiger charge is -2.10. The zero-order chi connectivity index (χ0) is 15.6. The van der Waals surface area contributed by atoms with Crippen LogP contribution in [0.4, 0.5) is 17.6 Å². The van der Waals surface area contributed by atoms with Crippen molar-refractivity contribution in [2.75, 3.05) is 0 Å². The van der Waals surface area contributed by atoms with Crippen molar-refractivity contribution in [2.45, 2.75) is 6.18 Å². The van der Waals surface area contributed by atoms with Crippen molar-refractivity contribution in [3.8, 4) is 11.6 Å². The molecule has 0 saturated heterocycles. The van der Waals surface area contributed by atoms with E-state index >= 15 is 0 Å². The van der Waals surface area contributed by atoms with Crippen LogP contribution in [0.2, 0.25) is 0 Å². The molecule has 4 nitrogen and oxygen atoms in total. The molecule has 2 aromatic rings. The molecule has 0 spiro atoms. The number of nitrogens with two attached hydrogens (primary N) is 1. The minimum Gasteiger partial charge on any atom is -0.439 e. The maximum absolute atomic E-state index is 13.1. The Kier molecular flexibility index (Phi) is 3.79. The smallest absolute Gasteiger partial charge is 0.419 e. The lowest BCUT2D eigenvalue weighted by atomic mass is 10.2. The van der Waals surface area contributed by atoms with E-state index in [1.165, 1.54) is 18.3 Å². The SMILES string of the molecule is N=C(N)c1ccc(Oc2ccc(F)c(C(F)(F)F)c2)nc1. The summed E-state index contributed by atoms with van der Waals surface area (Å²) in [4.78, 5) is 3.79. The van der Waals surface area contributed by atoms with Crippen LogP contribution < -0.4 is 10.5 Å². The normalized spacial score (nSPS) is 11.2. The van der Waals surface area contributed by atoms with Crippen LogP contribution in [0.25, 0.3) is 0 Å². The van der Waals surface area contributed by atoms with Crippen LogP contribution in [-0.2, 0) is 6.18 Å². The number of benzene rings is 1. The molecule has 110 valence electrons. The van der Waals surface area contributed by atoms with Gasteiger partial charge in [-0.05, 0) is 24.3 Å². The molecule has 0 amide bonds. The first-order valence-electron chi connectivity index (χ1n) is 5.62. The molecule has 1 aromatic heterocycles. The van der Waals surface area contributed by atoms with E-state index in [-0.39, 0.29) is 17.5 Å². The number of halogens is 4. The molecule has 0 fully saturated rings. The molecule has 0 aliphatic carbocycles. The van der Waals surface area contributed by atoms with E-state index in [1.54, 1.807) is 0 Å². The van der Waals surface area contributed by atoms with Crippen LogP contribution in [0.5, 0.6) is 11.6 Å². The van der Waals surface area contributed by atoms with Crippen molar-refractivity contribution >= 4 is 5.84 Å². The summed E-state index contributed by atoms with van der Waals surface area (Å²) in [5.74, 6) is -1.78. The van der Waals surface area contributed by atoms with Crippen molar-refractivity contribution in [3.05, 3.63) is 53.5 Å². The van der Waals surface area contributed by atoms with Gasteiger partial charge in [0.25, 0.3) is 0 Å². The molecule has 0 saturated carbocycles. The average molecular weight is 299 g/mol. The number of alkyl halides is 3. The molecule has 3 N–H and O–H groups in total. The molecule has 1 heterocycles. The van der Waals surface area contributed by atoms with Gasteiger partial charge in [-0.25, -0.2) is 9.37 Å². The standard InChI is InChI=1S/C13H9F4N3O/c14-10-3-2-8(5-9(10)13(15,16)17)21-11-4-1-7(6-20-11)12(18)19/h1-6H,(H3,18,19). The number of hydrogen-bond donors (Lipinski definition) is 2. The fraction of sp³-hybridized carbons (Fsp3) is 0.0769. The highest BCUT2D eigenvalue weighted by Crippen LogP contribution is 2.34. The van der Waals surface area contributed by atoms with Crippen LogP contribution >= 0.6 is 0 Å². The molecular weight excluding hydrogens is 290 g/mol. The first-order valence-corrected chi connectivity index (χ1v) is 5.62. The van der Waals surface area contributed by atoms with Gasteiger partial charge in [0.1, 0.15) is 17.4 Å². The van der Waals surface area contributed by atoms with Crippen LogP contribution in [0.3, 0.4) is 0 Å². The first-order chi connectivity index (χ1) is 9.77. The number of nitrogens with one attached hydrogen (secondary N) is 1. The van der Waals surface area contributed by atoms with Gasteiger partial charge in [-0.1, -0.05) is 0 Å². The van der Waals surface area contributed by atoms with Crippen molar-refractivity contribution in [3.63, 3.8) is 0 Å². The highest BCUT2D eigenvalue weighted by atomic mass is 19.4. The van der Waals surface area contributed by atoms with Gasteiger partial charge >= 0.3 is 6.18 Å².